The van der Waals surface area contributed by atoms with Crippen molar-refractivity contribution in [2.24, 2.45) is 7.05 Å². The molecule has 5 aromatic rings. The Balaban J connectivity index is 1.11. The first-order valence-electron chi connectivity index (χ1n) is 15.9. The Morgan fingerprint density at radius 2 is 1.78 bits per heavy atom. The summed E-state index contributed by atoms with van der Waals surface area (Å²) in [6, 6.07) is 13.4. The molecular weight excluding hydrogens is 568 g/mol. The van der Waals surface area contributed by atoms with Gasteiger partial charge in [0.1, 0.15) is 22.9 Å². The molecule has 0 aliphatic carbocycles. The Morgan fingerprint density at radius 1 is 0.911 bits per heavy atom. The average Bonchev–Trinajstić information content (AvgIpc) is 3.65. The molecule has 3 aliphatic rings. The Bertz CT molecular complexity index is 1820. The molecule has 3 aliphatic heterocycles. The summed E-state index contributed by atoms with van der Waals surface area (Å²) in [6.45, 7) is 8.60. The molecule has 1 aromatic carbocycles. The first kappa shape index (κ1) is 28.0. The molecule has 7 heterocycles. The maximum Gasteiger partial charge on any atom is 0.222 e. The van der Waals surface area contributed by atoms with Crippen LogP contribution in [-0.2, 0) is 11.8 Å². The summed E-state index contributed by atoms with van der Waals surface area (Å²) in [5, 5.41) is 14.0. The minimum absolute atomic E-state index is 0.0765. The highest BCUT2D eigenvalue weighted by atomic mass is 16.5. The number of nitrogens with zero attached hydrogens (tertiary/aromatic N) is 9. The number of anilines is 3. The molecular formula is C33H38N10O2. The van der Waals surface area contributed by atoms with E-state index < -0.39 is 0 Å². The van der Waals surface area contributed by atoms with E-state index in [2.05, 4.69) is 67.1 Å². The van der Waals surface area contributed by atoms with E-state index in [-0.39, 0.29) is 6.04 Å². The summed E-state index contributed by atoms with van der Waals surface area (Å²) in [5.74, 6) is 2.53. The molecule has 2 fully saturated rings. The summed E-state index contributed by atoms with van der Waals surface area (Å²) >= 11 is 0. The van der Waals surface area contributed by atoms with Crippen molar-refractivity contribution in [2.75, 3.05) is 56.2 Å². The number of morpholine rings is 1. The number of fused-ring (bicyclic) bond motifs is 5. The van der Waals surface area contributed by atoms with Crippen LogP contribution in [0, 0.1) is 0 Å². The number of hydrogen-bond donors (Lipinski definition) is 1. The van der Waals surface area contributed by atoms with E-state index in [0.717, 1.165) is 73.5 Å². The smallest absolute Gasteiger partial charge is 0.222 e. The van der Waals surface area contributed by atoms with Crippen LogP contribution in [0.15, 0.2) is 55.0 Å². The topological polar surface area (TPSA) is 111 Å². The second-order valence-electron chi connectivity index (χ2n) is 12.2. The van der Waals surface area contributed by atoms with Crippen LogP contribution in [0.4, 0.5) is 17.3 Å². The quantitative estimate of drug-likeness (QED) is 0.311. The molecule has 2 saturated heterocycles. The van der Waals surface area contributed by atoms with Crippen LogP contribution in [0.1, 0.15) is 32.2 Å². The molecule has 4 aromatic heterocycles. The van der Waals surface area contributed by atoms with E-state index in [1.165, 1.54) is 18.5 Å². The monoisotopic (exact) mass is 606 g/mol. The lowest BCUT2D eigenvalue weighted by Gasteiger charge is -2.40. The molecule has 0 radical (unpaired) electrons. The largest absolute Gasteiger partial charge is 0.477 e. The number of rotatable bonds is 3. The molecule has 0 spiro atoms. The van der Waals surface area contributed by atoms with Crippen LogP contribution < -0.4 is 15.0 Å². The summed E-state index contributed by atoms with van der Waals surface area (Å²) < 4.78 is 15.7. The molecule has 45 heavy (non-hydrogen) atoms. The van der Waals surface area contributed by atoms with Crippen LogP contribution in [-0.4, -0.2) is 91.5 Å². The summed E-state index contributed by atoms with van der Waals surface area (Å²) in [5.41, 5.74) is 5.04. The molecule has 1 atom stereocenters. The van der Waals surface area contributed by atoms with Gasteiger partial charge in [-0.3, -0.25) is 9.58 Å². The summed E-state index contributed by atoms with van der Waals surface area (Å²) in [7, 11) is 1.87. The van der Waals surface area contributed by atoms with E-state index in [1.807, 2.05) is 19.3 Å². The number of benzene rings is 1. The van der Waals surface area contributed by atoms with Gasteiger partial charge in [-0.05, 0) is 38.0 Å². The van der Waals surface area contributed by atoms with Crippen LogP contribution in [0.5, 0.6) is 5.88 Å². The number of aryl methyl sites for hydroxylation is 1. The van der Waals surface area contributed by atoms with Crippen LogP contribution in [0.3, 0.4) is 0 Å². The SMILES string of the molecule is C[C@H]1CCOc2c(cnn2C)-c2nccc(n2)Nc2cc3c(cn2)c(-c2cccc(N4CCC(N5CCOCC5)CC4)c2)nn31. The minimum atomic E-state index is 0.0765. The second kappa shape index (κ2) is 11.8. The third-order valence-corrected chi connectivity index (χ3v) is 9.33. The molecule has 8 rings (SSSR count). The van der Waals surface area contributed by atoms with E-state index >= 15 is 0 Å². The fourth-order valence-corrected chi connectivity index (χ4v) is 6.82. The first-order chi connectivity index (χ1) is 22.1. The highest BCUT2D eigenvalue weighted by Crippen LogP contribution is 2.35. The number of hydrogen-bond acceptors (Lipinski definition) is 10. The van der Waals surface area contributed by atoms with Crippen molar-refractivity contribution < 1.29 is 9.47 Å². The highest BCUT2D eigenvalue weighted by Gasteiger charge is 2.27. The molecule has 1 N–H and O–H groups in total. The maximum absolute atomic E-state index is 6.27. The van der Waals surface area contributed by atoms with Crippen molar-refractivity contribution in [1.29, 1.82) is 0 Å². The maximum atomic E-state index is 6.27. The van der Waals surface area contributed by atoms with Gasteiger partial charge in [0.05, 0.1) is 37.6 Å². The van der Waals surface area contributed by atoms with Gasteiger partial charge in [0.15, 0.2) is 5.82 Å². The van der Waals surface area contributed by atoms with Gasteiger partial charge >= 0.3 is 0 Å². The van der Waals surface area contributed by atoms with Crippen molar-refractivity contribution in [2.45, 2.75) is 38.3 Å². The number of pyridine rings is 1. The zero-order valence-corrected chi connectivity index (χ0v) is 25.8. The predicted octanol–water partition coefficient (Wildman–Crippen LogP) is 4.68. The zero-order chi connectivity index (χ0) is 30.3. The fraction of sp³-hybridized carbons (Fsp3) is 0.424. The van der Waals surface area contributed by atoms with E-state index in [4.69, 9.17) is 24.5 Å². The Hall–Kier alpha value is -4.55. The fourth-order valence-electron chi connectivity index (χ4n) is 6.82. The number of aromatic nitrogens is 7. The number of ether oxygens (including phenoxy) is 2. The summed E-state index contributed by atoms with van der Waals surface area (Å²) in [6.07, 6.45) is 8.50. The van der Waals surface area contributed by atoms with Gasteiger partial charge in [-0.25, -0.2) is 19.6 Å². The third-order valence-electron chi connectivity index (χ3n) is 9.33. The standard InChI is InChI=1S/C33H38N10O2/c1-22-9-15-45-33-27(21-36-40(33)2)32-34-10-6-29(38-32)37-30-19-28-26(20-35-30)31(39-43(22)28)23-4-3-5-25(18-23)41-11-7-24(8-12-41)42-13-16-44-17-14-42/h3-6,10,18-22,24H,7-9,11-17H2,1-2H3,(H,34,35,37,38)/t22-/m0/s1. The lowest BCUT2D eigenvalue weighted by molar-refractivity contribution is 0.0115. The van der Waals surface area contributed by atoms with Crippen LogP contribution in [0.2, 0.25) is 0 Å². The van der Waals surface area contributed by atoms with Gasteiger partial charge < -0.3 is 19.7 Å². The van der Waals surface area contributed by atoms with Crippen molar-refractivity contribution in [3.63, 3.8) is 0 Å². The summed E-state index contributed by atoms with van der Waals surface area (Å²) in [4.78, 5) is 19.2. The van der Waals surface area contributed by atoms with E-state index in [9.17, 15) is 0 Å². The lowest BCUT2D eigenvalue weighted by Crippen LogP contribution is -2.49. The molecule has 0 saturated carbocycles. The second-order valence-corrected chi connectivity index (χ2v) is 12.2. The lowest BCUT2D eigenvalue weighted by atomic mass is 10.0. The van der Waals surface area contributed by atoms with Crippen molar-refractivity contribution in [3.8, 4) is 28.5 Å². The van der Waals surface area contributed by atoms with Crippen LogP contribution >= 0.6 is 0 Å². The number of piperidine rings is 1. The molecule has 232 valence electrons. The Labute approximate surface area is 262 Å². The Kier molecular flexibility index (Phi) is 7.30. The molecule has 0 unspecified atom stereocenters. The molecule has 12 heteroatoms. The average molecular weight is 607 g/mol. The Morgan fingerprint density at radius 3 is 2.64 bits per heavy atom. The molecule has 12 nitrogen and oxygen atoms in total. The van der Waals surface area contributed by atoms with Gasteiger partial charge in [-0.2, -0.15) is 10.2 Å². The molecule has 4 bridgehead atoms. The van der Waals surface area contributed by atoms with E-state index in [1.54, 1.807) is 17.1 Å². The highest BCUT2D eigenvalue weighted by molar-refractivity contribution is 5.94. The number of nitrogens with one attached hydrogen (secondary N) is 1. The molecule has 0 amide bonds. The van der Waals surface area contributed by atoms with E-state index in [0.29, 0.717) is 36.0 Å². The van der Waals surface area contributed by atoms with Crippen molar-refractivity contribution >= 4 is 28.2 Å². The predicted molar refractivity (Wildman–Crippen MR) is 173 cm³/mol. The van der Waals surface area contributed by atoms with Gasteiger partial charge in [0.25, 0.3) is 0 Å². The third kappa shape index (κ3) is 5.38. The van der Waals surface area contributed by atoms with Gasteiger partial charge in [-0.15, -0.1) is 0 Å². The van der Waals surface area contributed by atoms with Gasteiger partial charge in [0.2, 0.25) is 5.88 Å². The first-order valence-corrected chi connectivity index (χ1v) is 15.9. The normalized spacial score (nSPS) is 19.6. The minimum Gasteiger partial charge on any atom is -0.477 e. The van der Waals surface area contributed by atoms with Gasteiger partial charge in [-0.1, -0.05) is 12.1 Å². The van der Waals surface area contributed by atoms with Crippen molar-refractivity contribution in [3.05, 3.63) is 55.0 Å². The van der Waals surface area contributed by atoms with Gasteiger partial charge in [0, 0.05) is 80.8 Å². The van der Waals surface area contributed by atoms with Crippen molar-refractivity contribution in [1.82, 2.24) is 39.4 Å². The zero-order valence-electron chi connectivity index (χ0n) is 25.8. The van der Waals surface area contributed by atoms with Crippen LogP contribution in [0.25, 0.3) is 33.5 Å².